The molecule has 0 saturated carbocycles. The normalized spacial score (nSPS) is 18.7. The standard InChI is InChI=1S/C17H20N2O2/c18-15-6-3-9-19(11-15)17(20)12-21-16-8-7-13-4-1-2-5-14(13)10-16/h1-2,4-5,7-8,10,15H,3,6,9,11-12,18H2/t15-/m0/s1. The fourth-order valence-electron chi connectivity index (χ4n) is 2.73. The van der Waals surface area contributed by atoms with Gasteiger partial charge in [0.1, 0.15) is 5.75 Å². The highest BCUT2D eigenvalue weighted by Gasteiger charge is 2.21. The number of nitrogens with two attached hydrogens (primary N) is 1. The first-order valence-electron chi connectivity index (χ1n) is 7.37. The van der Waals surface area contributed by atoms with Crippen LogP contribution in [0.3, 0.4) is 0 Å². The minimum Gasteiger partial charge on any atom is -0.484 e. The maximum Gasteiger partial charge on any atom is 0.260 e. The van der Waals surface area contributed by atoms with Gasteiger partial charge < -0.3 is 15.4 Å². The molecule has 3 rings (SSSR count). The predicted octanol–water partition coefficient (Wildman–Crippen LogP) is 2.17. The molecule has 0 unspecified atom stereocenters. The lowest BCUT2D eigenvalue weighted by atomic mass is 10.1. The van der Waals surface area contributed by atoms with Gasteiger partial charge in [-0.15, -0.1) is 0 Å². The molecule has 21 heavy (non-hydrogen) atoms. The Labute approximate surface area is 124 Å². The second-order valence-corrected chi connectivity index (χ2v) is 5.54. The van der Waals surface area contributed by atoms with Gasteiger partial charge in [-0.05, 0) is 35.7 Å². The maximum atomic E-state index is 12.1. The summed E-state index contributed by atoms with van der Waals surface area (Å²) in [6.45, 7) is 1.50. The third-order valence-electron chi connectivity index (χ3n) is 3.89. The van der Waals surface area contributed by atoms with Crippen LogP contribution < -0.4 is 10.5 Å². The van der Waals surface area contributed by atoms with Crippen LogP contribution in [0.5, 0.6) is 5.75 Å². The van der Waals surface area contributed by atoms with Crippen molar-refractivity contribution in [3.8, 4) is 5.75 Å². The molecule has 2 aromatic carbocycles. The number of benzene rings is 2. The number of likely N-dealkylation sites (tertiary alicyclic amines) is 1. The molecule has 2 N–H and O–H groups in total. The zero-order valence-electron chi connectivity index (χ0n) is 12.0. The van der Waals surface area contributed by atoms with Gasteiger partial charge in [0, 0.05) is 19.1 Å². The highest BCUT2D eigenvalue weighted by Crippen LogP contribution is 2.20. The van der Waals surface area contributed by atoms with Crippen LogP contribution in [0.1, 0.15) is 12.8 Å². The summed E-state index contributed by atoms with van der Waals surface area (Å²) in [6.07, 6.45) is 1.97. The molecule has 0 aromatic heterocycles. The van der Waals surface area contributed by atoms with Gasteiger partial charge in [0.2, 0.25) is 0 Å². The fraction of sp³-hybridized carbons (Fsp3) is 0.353. The van der Waals surface area contributed by atoms with E-state index in [-0.39, 0.29) is 18.6 Å². The van der Waals surface area contributed by atoms with E-state index in [1.54, 1.807) is 4.90 Å². The first-order chi connectivity index (χ1) is 10.2. The average Bonchev–Trinajstić information content (AvgIpc) is 2.52. The van der Waals surface area contributed by atoms with E-state index in [0.717, 1.165) is 35.9 Å². The van der Waals surface area contributed by atoms with Crippen LogP contribution in [0.15, 0.2) is 42.5 Å². The van der Waals surface area contributed by atoms with Gasteiger partial charge in [-0.25, -0.2) is 0 Å². The fourth-order valence-corrected chi connectivity index (χ4v) is 2.73. The minimum absolute atomic E-state index is 0.0123. The van der Waals surface area contributed by atoms with E-state index >= 15 is 0 Å². The summed E-state index contributed by atoms with van der Waals surface area (Å²) in [5.74, 6) is 0.738. The first kappa shape index (κ1) is 13.9. The zero-order valence-corrected chi connectivity index (χ0v) is 12.0. The second-order valence-electron chi connectivity index (χ2n) is 5.54. The Morgan fingerprint density at radius 1 is 1.24 bits per heavy atom. The van der Waals surface area contributed by atoms with Crippen LogP contribution in [-0.2, 0) is 4.79 Å². The number of piperidine rings is 1. The van der Waals surface area contributed by atoms with Gasteiger partial charge in [0.05, 0.1) is 0 Å². The van der Waals surface area contributed by atoms with Crippen LogP contribution >= 0.6 is 0 Å². The molecule has 0 spiro atoms. The molecule has 1 atom stereocenters. The molecule has 2 aromatic rings. The van der Waals surface area contributed by atoms with Crippen molar-refractivity contribution in [2.24, 2.45) is 5.73 Å². The van der Waals surface area contributed by atoms with E-state index in [1.165, 1.54) is 0 Å². The third-order valence-corrected chi connectivity index (χ3v) is 3.89. The molecule has 110 valence electrons. The number of hydrogen-bond acceptors (Lipinski definition) is 3. The summed E-state index contributed by atoms with van der Waals surface area (Å²) in [5.41, 5.74) is 5.90. The monoisotopic (exact) mass is 284 g/mol. The van der Waals surface area contributed by atoms with Gasteiger partial charge >= 0.3 is 0 Å². The van der Waals surface area contributed by atoms with Crippen LogP contribution in [0, 0.1) is 0 Å². The summed E-state index contributed by atoms with van der Waals surface area (Å²) in [7, 11) is 0. The topological polar surface area (TPSA) is 55.6 Å². The average molecular weight is 284 g/mol. The summed E-state index contributed by atoms with van der Waals surface area (Å²) < 4.78 is 5.63. The Hall–Kier alpha value is -2.07. The number of rotatable bonds is 3. The van der Waals surface area contributed by atoms with E-state index in [4.69, 9.17) is 10.5 Å². The van der Waals surface area contributed by atoms with E-state index in [0.29, 0.717) is 6.54 Å². The maximum absolute atomic E-state index is 12.1. The molecule has 0 aliphatic carbocycles. The van der Waals surface area contributed by atoms with Crippen molar-refractivity contribution in [1.29, 1.82) is 0 Å². The van der Waals surface area contributed by atoms with Crippen molar-refractivity contribution in [3.63, 3.8) is 0 Å². The van der Waals surface area contributed by atoms with Crippen LogP contribution in [0.2, 0.25) is 0 Å². The Morgan fingerprint density at radius 3 is 2.86 bits per heavy atom. The molecule has 1 amide bonds. The van der Waals surface area contributed by atoms with Crippen molar-refractivity contribution in [2.45, 2.75) is 18.9 Å². The molecule has 4 heteroatoms. The molecule has 1 saturated heterocycles. The molecule has 1 fully saturated rings. The van der Waals surface area contributed by atoms with E-state index < -0.39 is 0 Å². The smallest absolute Gasteiger partial charge is 0.260 e. The summed E-state index contributed by atoms with van der Waals surface area (Å²) >= 11 is 0. The van der Waals surface area contributed by atoms with E-state index in [1.807, 2.05) is 36.4 Å². The number of ether oxygens (including phenoxy) is 1. The Balaban J connectivity index is 1.61. The number of amides is 1. The Kier molecular flexibility index (Phi) is 4.06. The van der Waals surface area contributed by atoms with Crippen molar-refractivity contribution in [1.82, 2.24) is 4.90 Å². The number of nitrogens with zero attached hydrogens (tertiary/aromatic N) is 1. The number of carbonyl (C=O) groups is 1. The van der Waals surface area contributed by atoms with E-state index in [9.17, 15) is 4.79 Å². The highest BCUT2D eigenvalue weighted by molar-refractivity contribution is 5.84. The third kappa shape index (κ3) is 3.34. The van der Waals surface area contributed by atoms with E-state index in [2.05, 4.69) is 6.07 Å². The lowest BCUT2D eigenvalue weighted by molar-refractivity contribution is -0.134. The van der Waals surface area contributed by atoms with Crippen molar-refractivity contribution in [2.75, 3.05) is 19.7 Å². The number of hydrogen-bond donors (Lipinski definition) is 1. The Bertz CT molecular complexity index is 641. The quantitative estimate of drug-likeness (QED) is 0.939. The molecule has 0 bridgehead atoms. The molecule has 1 aliphatic rings. The number of carbonyl (C=O) groups excluding carboxylic acids is 1. The van der Waals surface area contributed by atoms with Crippen LogP contribution in [0.25, 0.3) is 10.8 Å². The largest absolute Gasteiger partial charge is 0.484 e. The summed E-state index contributed by atoms with van der Waals surface area (Å²) in [5, 5.41) is 2.28. The van der Waals surface area contributed by atoms with Gasteiger partial charge in [0.15, 0.2) is 6.61 Å². The molecule has 0 radical (unpaired) electrons. The van der Waals surface area contributed by atoms with Gasteiger partial charge in [0.25, 0.3) is 5.91 Å². The molecular weight excluding hydrogens is 264 g/mol. The van der Waals surface area contributed by atoms with Crippen LogP contribution in [0.4, 0.5) is 0 Å². The van der Waals surface area contributed by atoms with Gasteiger partial charge in [-0.2, -0.15) is 0 Å². The second kappa shape index (κ2) is 6.14. The number of fused-ring (bicyclic) bond motifs is 1. The zero-order chi connectivity index (χ0) is 14.7. The van der Waals surface area contributed by atoms with Crippen LogP contribution in [-0.4, -0.2) is 36.5 Å². The van der Waals surface area contributed by atoms with Gasteiger partial charge in [-0.1, -0.05) is 30.3 Å². The first-order valence-corrected chi connectivity index (χ1v) is 7.37. The molecule has 1 heterocycles. The van der Waals surface area contributed by atoms with Crippen molar-refractivity contribution < 1.29 is 9.53 Å². The predicted molar refractivity (Wildman–Crippen MR) is 83.2 cm³/mol. The molecule has 1 aliphatic heterocycles. The lowest BCUT2D eigenvalue weighted by Gasteiger charge is -2.30. The SMILES string of the molecule is N[C@H]1CCCN(C(=O)COc2ccc3ccccc3c2)C1. The Morgan fingerprint density at radius 2 is 2.05 bits per heavy atom. The molecule has 4 nitrogen and oxygen atoms in total. The summed E-state index contributed by atoms with van der Waals surface area (Å²) in [6, 6.07) is 14.1. The molecular formula is C17H20N2O2. The summed E-state index contributed by atoms with van der Waals surface area (Å²) in [4.78, 5) is 13.9. The van der Waals surface area contributed by atoms with Crippen molar-refractivity contribution in [3.05, 3.63) is 42.5 Å². The van der Waals surface area contributed by atoms with Crippen molar-refractivity contribution >= 4 is 16.7 Å². The van der Waals surface area contributed by atoms with Gasteiger partial charge in [-0.3, -0.25) is 4.79 Å². The lowest BCUT2D eigenvalue weighted by Crippen LogP contribution is -2.47. The minimum atomic E-state index is 0.0123. The highest BCUT2D eigenvalue weighted by atomic mass is 16.5.